The van der Waals surface area contributed by atoms with E-state index in [1.807, 2.05) is 0 Å². The van der Waals surface area contributed by atoms with Gasteiger partial charge in [0.05, 0.1) is 18.7 Å². The van der Waals surface area contributed by atoms with Crippen LogP contribution in [0.1, 0.15) is 33.6 Å². The highest BCUT2D eigenvalue weighted by atomic mass is 19.4. The fourth-order valence-corrected chi connectivity index (χ4v) is 1.15. The Labute approximate surface area is 150 Å². The van der Waals surface area contributed by atoms with Crippen LogP contribution in [0.4, 0.5) is 43.9 Å². The average molecular weight is 430 g/mol. The van der Waals surface area contributed by atoms with Gasteiger partial charge in [-0.15, -0.1) is 0 Å². The molecule has 0 saturated carbocycles. The normalized spacial score (nSPS) is 11.0. The van der Waals surface area contributed by atoms with Gasteiger partial charge in [0.2, 0.25) is 13.9 Å². The van der Waals surface area contributed by atoms with Gasteiger partial charge in [0.15, 0.2) is 0 Å². The van der Waals surface area contributed by atoms with E-state index in [9.17, 15) is 48.7 Å². The molecular weight excluding hydrogens is 406 g/mol. The van der Waals surface area contributed by atoms with Gasteiger partial charge in [0.1, 0.15) is 0 Å². The zero-order valence-corrected chi connectivity index (χ0v) is 15.0. The van der Waals surface area contributed by atoms with E-state index in [0.29, 0.717) is 0 Å². The first-order valence-corrected chi connectivity index (χ1v) is 7.21. The molecule has 3 nitrogen and oxygen atoms in total. The lowest BCUT2D eigenvalue weighted by atomic mass is 9.86. The van der Waals surface area contributed by atoms with Crippen LogP contribution >= 0.6 is 0 Å². The average Bonchev–Trinajstić information content (AvgIpc) is 2.47. The second-order valence-corrected chi connectivity index (χ2v) is 4.95. The first-order chi connectivity index (χ1) is 12.2. The number of carbonyl (C=O) groups excluding carboxylic acids is 1. The smallest absolute Gasteiger partial charge is 0.453 e. The largest absolute Gasteiger partial charge is 0.465 e. The van der Waals surface area contributed by atoms with Gasteiger partial charge in [-0.3, -0.25) is 9.18 Å². The summed E-state index contributed by atoms with van der Waals surface area (Å²) in [4.78, 5) is 11.3. The Morgan fingerprint density at radius 2 is 1.26 bits per heavy atom. The Kier molecular flexibility index (Phi) is 22.4. The van der Waals surface area contributed by atoms with E-state index in [0.717, 1.165) is 13.8 Å². The second kappa shape index (κ2) is 18.1. The Morgan fingerprint density at radius 1 is 0.926 bits per heavy atom. The van der Waals surface area contributed by atoms with Gasteiger partial charge >= 0.3 is 18.1 Å². The summed E-state index contributed by atoms with van der Waals surface area (Å²) in [7, 11) is 0. The number of hydrogen-bond acceptors (Lipinski definition) is 3. The van der Waals surface area contributed by atoms with Crippen molar-refractivity contribution in [2.45, 2.75) is 45.7 Å². The predicted molar refractivity (Wildman–Crippen MR) is 77.9 cm³/mol. The van der Waals surface area contributed by atoms with E-state index in [1.54, 1.807) is 0 Å². The second-order valence-electron chi connectivity index (χ2n) is 4.95. The third-order valence-electron chi connectivity index (χ3n) is 2.17. The van der Waals surface area contributed by atoms with E-state index in [4.69, 9.17) is 5.11 Å². The van der Waals surface area contributed by atoms with E-state index in [2.05, 4.69) is 4.74 Å². The predicted octanol–water partition coefficient (Wildman–Crippen LogP) is 5.27. The van der Waals surface area contributed by atoms with Crippen molar-refractivity contribution in [1.82, 2.24) is 0 Å². The van der Waals surface area contributed by atoms with Crippen LogP contribution in [-0.4, -0.2) is 56.9 Å². The van der Waals surface area contributed by atoms with Crippen molar-refractivity contribution in [2.75, 3.05) is 33.7 Å². The van der Waals surface area contributed by atoms with Crippen LogP contribution in [0.3, 0.4) is 0 Å². The number of esters is 1. The van der Waals surface area contributed by atoms with Gasteiger partial charge in [-0.25, -0.2) is 17.6 Å². The molecule has 13 heteroatoms. The van der Waals surface area contributed by atoms with E-state index in [-0.39, 0.29) is 26.3 Å². The topological polar surface area (TPSA) is 46.5 Å². The standard InChI is InChI=1S/C10H15F5O3.C2H5F.2CH2F2/c1-8(2,7(17)18-5-3-4-16)6-9(11,12)10(13,14)15;1-2-3;2*2-1-3/h16H,3-6H2,1-2H3;2H2,1H3;2*1H2. The molecule has 0 aliphatic rings. The Hall–Kier alpha value is -1.27. The molecule has 168 valence electrons. The third kappa shape index (κ3) is 20.9. The zero-order valence-electron chi connectivity index (χ0n) is 15.0. The molecule has 0 saturated heterocycles. The number of aliphatic hydroxyl groups is 1. The maximum Gasteiger partial charge on any atom is 0.453 e. The summed E-state index contributed by atoms with van der Waals surface area (Å²) in [5.74, 6) is -6.10. The molecule has 0 unspecified atom stereocenters. The third-order valence-corrected chi connectivity index (χ3v) is 2.17. The molecule has 1 N–H and O–H groups in total. The van der Waals surface area contributed by atoms with Gasteiger partial charge in [0, 0.05) is 19.4 Å². The minimum atomic E-state index is -5.70. The summed E-state index contributed by atoms with van der Waals surface area (Å²) in [6.45, 7) is -0.884. The molecule has 0 spiro atoms. The molecule has 0 rings (SSSR count). The minimum absolute atomic E-state index is 0.0947. The molecule has 0 aliphatic heterocycles. The van der Waals surface area contributed by atoms with Gasteiger partial charge < -0.3 is 9.84 Å². The van der Waals surface area contributed by atoms with Crippen molar-refractivity contribution < 1.29 is 58.5 Å². The van der Waals surface area contributed by atoms with Gasteiger partial charge in [-0.05, 0) is 20.8 Å². The monoisotopic (exact) mass is 430 g/mol. The van der Waals surface area contributed by atoms with Crippen molar-refractivity contribution in [2.24, 2.45) is 5.41 Å². The van der Waals surface area contributed by atoms with Crippen molar-refractivity contribution >= 4 is 5.97 Å². The molecule has 0 heterocycles. The zero-order chi connectivity index (χ0) is 22.7. The molecule has 0 aromatic heterocycles. The van der Waals surface area contributed by atoms with E-state index in [1.165, 1.54) is 6.92 Å². The number of halogens is 10. The molecule has 0 amide bonds. The fourth-order valence-electron chi connectivity index (χ4n) is 1.15. The number of aliphatic hydroxyl groups excluding tert-OH is 1. The molecule has 0 fully saturated rings. The summed E-state index contributed by atoms with van der Waals surface area (Å²) >= 11 is 0. The van der Waals surface area contributed by atoms with Crippen LogP contribution in [-0.2, 0) is 9.53 Å². The van der Waals surface area contributed by atoms with Crippen LogP contribution in [0, 0.1) is 5.41 Å². The highest BCUT2D eigenvalue weighted by molar-refractivity contribution is 5.76. The van der Waals surface area contributed by atoms with Gasteiger partial charge in [-0.2, -0.15) is 22.0 Å². The van der Waals surface area contributed by atoms with Crippen LogP contribution in [0.5, 0.6) is 0 Å². The number of carbonyl (C=O) groups is 1. The van der Waals surface area contributed by atoms with Crippen molar-refractivity contribution in [3.05, 3.63) is 0 Å². The lowest BCUT2D eigenvalue weighted by Crippen LogP contribution is -2.43. The minimum Gasteiger partial charge on any atom is -0.465 e. The van der Waals surface area contributed by atoms with Crippen molar-refractivity contribution in [1.29, 1.82) is 0 Å². The first-order valence-electron chi connectivity index (χ1n) is 7.21. The van der Waals surface area contributed by atoms with Crippen molar-refractivity contribution in [3.63, 3.8) is 0 Å². The summed E-state index contributed by atoms with van der Waals surface area (Å²) in [6.07, 6.45) is -7.28. The maximum atomic E-state index is 12.8. The summed E-state index contributed by atoms with van der Waals surface area (Å²) in [6, 6.07) is 0. The fraction of sp³-hybridized carbons (Fsp3) is 0.929. The number of alkyl halides is 10. The Morgan fingerprint density at radius 3 is 1.52 bits per heavy atom. The van der Waals surface area contributed by atoms with Crippen LogP contribution in [0.2, 0.25) is 0 Å². The van der Waals surface area contributed by atoms with Crippen molar-refractivity contribution in [3.8, 4) is 0 Å². The van der Waals surface area contributed by atoms with Gasteiger partial charge in [0.25, 0.3) is 0 Å². The number of rotatable bonds is 6. The molecule has 0 aliphatic carbocycles. The maximum absolute atomic E-state index is 12.8. The lowest BCUT2D eigenvalue weighted by Gasteiger charge is -2.28. The van der Waals surface area contributed by atoms with Crippen LogP contribution in [0.25, 0.3) is 0 Å². The van der Waals surface area contributed by atoms with Gasteiger partial charge in [-0.1, -0.05) is 0 Å². The van der Waals surface area contributed by atoms with E-state index >= 15 is 0 Å². The number of ether oxygens (including phenoxy) is 1. The summed E-state index contributed by atoms with van der Waals surface area (Å²) in [5, 5.41) is 8.42. The van der Waals surface area contributed by atoms with Crippen LogP contribution < -0.4 is 0 Å². The quantitative estimate of drug-likeness (QED) is 0.355. The van der Waals surface area contributed by atoms with E-state index < -0.39 is 43.8 Å². The highest BCUT2D eigenvalue weighted by Crippen LogP contribution is 2.43. The summed E-state index contributed by atoms with van der Waals surface area (Å²) < 4.78 is 115. The molecule has 0 atom stereocenters. The Balaban J connectivity index is -0.000000246. The molecule has 0 aromatic rings. The SMILES string of the molecule is CC(C)(CC(F)(F)C(F)(F)F)C(=O)OCCCO.CCF.FCF.FCF. The molecule has 27 heavy (non-hydrogen) atoms. The first kappa shape index (κ1) is 33.3. The Bertz CT molecular complexity index is 331. The van der Waals surface area contributed by atoms with Crippen LogP contribution in [0.15, 0.2) is 0 Å². The molecular formula is C14H24F10O3. The number of hydrogen-bond donors (Lipinski definition) is 1. The summed E-state index contributed by atoms with van der Waals surface area (Å²) in [5.41, 5.74) is -1.96. The molecule has 0 radical (unpaired) electrons. The highest BCUT2D eigenvalue weighted by Gasteiger charge is 2.60. The molecule has 0 bridgehead atoms. The lowest BCUT2D eigenvalue weighted by molar-refractivity contribution is -0.291. The molecule has 0 aromatic carbocycles.